The van der Waals surface area contributed by atoms with Gasteiger partial charge in [-0.05, 0) is 29.8 Å². The quantitative estimate of drug-likeness (QED) is 0.776. The Labute approximate surface area is 164 Å². The summed E-state index contributed by atoms with van der Waals surface area (Å²) < 4.78 is 5.00. The van der Waals surface area contributed by atoms with E-state index in [0.29, 0.717) is 36.8 Å². The van der Waals surface area contributed by atoms with Gasteiger partial charge >= 0.3 is 0 Å². The first-order valence-electron chi connectivity index (χ1n) is 8.96. The fourth-order valence-electron chi connectivity index (χ4n) is 3.46. The average Bonchev–Trinajstić information content (AvgIpc) is 3.14. The Balaban J connectivity index is 1.79. The van der Waals surface area contributed by atoms with Gasteiger partial charge < -0.3 is 15.0 Å². The number of hydrogen-bond donors (Lipinski definition) is 1. The largest absolute Gasteiger partial charge is 0.383 e. The molecule has 2 aromatic rings. The highest BCUT2D eigenvalue weighted by Crippen LogP contribution is 2.33. The number of nitrogens with one attached hydrogen (secondary N) is 1. The molecule has 0 aromatic heterocycles. The van der Waals surface area contributed by atoms with Crippen LogP contribution >= 0.6 is 11.6 Å². The minimum atomic E-state index is -0.291. The molecule has 0 saturated carbocycles. The Hall–Kier alpha value is -2.37. The highest BCUT2D eigenvalue weighted by atomic mass is 35.5. The predicted octanol–water partition coefficient (Wildman–Crippen LogP) is 2.96. The normalized spacial score (nSPS) is 19.1. The highest BCUT2D eigenvalue weighted by molar-refractivity contribution is 6.30. The maximum Gasteiger partial charge on any atom is 0.253 e. The Morgan fingerprint density at radius 1 is 1.11 bits per heavy atom. The third-order valence-corrected chi connectivity index (χ3v) is 5.12. The van der Waals surface area contributed by atoms with E-state index in [0.717, 1.165) is 5.56 Å². The molecule has 0 radical (unpaired) electrons. The molecular weight excluding hydrogens is 364 g/mol. The van der Waals surface area contributed by atoms with Crippen molar-refractivity contribution in [2.24, 2.45) is 5.92 Å². The molecule has 1 fully saturated rings. The molecule has 6 heteroatoms. The fourth-order valence-corrected chi connectivity index (χ4v) is 3.58. The van der Waals surface area contributed by atoms with E-state index in [1.54, 1.807) is 36.3 Å². The van der Waals surface area contributed by atoms with Crippen LogP contribution in [0.25, 0.3) is 0 Å². The first-order chi connectivity index (χ1) is 13.1. The molecule has 27 heavy (non-hydrogen) atoms. The second-order valence-electron chi connectivity index (χ2n) is 6.62. The molecule has 2 amide bonds. The summed E-state index contributed by atoms with van der Waals surface area (Å²) in [7, 11) is 1.60. The van der Waals surface area contributed by atoms with E-state index in [4.69, 9.17) is 16.3 Å². The smallest absolute Gasteiger partial charge is 0.253 e. The molecule has 0 bridgehead atoms. The van der Waals surface area contributed by atoms with Crippen molar-refractivity contribution >= 4 is 23.4 Å². The fraction of sp³-hybridized carbons (Fsp3) is 0.333. The number of likely N-dealkylation sites (tertiary alicyclic amines) is 1. The van der Waals surface area contributed by atoms with Crippen LogP contribution < -0.4 is 5.32 Å². The zero-order valence-electron chi connectivity index (χ0n) is 15.2. The Kier molecular flexibility index (Phi) is 6.48. The highest BCUT2D eigenvalue weighted by Gasteiger charge is 2.40. The first kappa shape index (κ1) is 19.4. The zero-order valence-corrected chi connectivity index (χ0v) is 16.0. The van der Waals surface area contributed by atoms with Crippen molar-refractivity contribution in [1.29, 1.82) is 0 Å². The number of halogens is 1. The van der Waals surface area contributed by atoms with Gasteiger partial charge in [-0.15, -0.1) is 0 Å². The molecule has 5 nitrogen and oxygen atoms in total. The molecule has 1 heterocycles. The summed E-state index contributed by atoms with van der Waals surface area (Å²) >= 11 is 5.92. The van der Waals surface area contributed by atoms with Crippen molar-refractivity contribution in [2.75, 3.05) is 33.4 Å². The van der Waals surface area contributed by atoms with Gasteiger partial charge in [0.15, 0.2) is 0 Å². The number of carbonyl (C=O) groups excluding carboxylic acids is 2. The van der Waals surface area contributed by atoms with Crippen LogP contribution in [-0.4, -0.2) is 50.1 Å². The van der Waals surface area contributed by atoms with Crippen LogP contribution in [-0.2, 0) is 9.53 Å². The first-order valence-corrected chi connectivity index (χ1v) is 9.34. The minimum Gasteiger partial charge on any atom is -0.383 e. The molecule has 142 valence electrons. The summed E-state index contributed by atoms with van der Waals surface area (Å²) in [5.41, 5.74) is 1.64. The Morgan fingerprint density at radius 3 is 2.48 bits per heavy atom. The second kappa shape index (κ2) is 9.02. The molecule has 2 atom stereocenters. The van der Waals surface area contributed by atoms with Gasteiger partial charge in [-0.1, -0.05) is 41.9 Å². The van der Waals surface area contributed by atoms with Crippen molar-refractivity contribution < 1.29 is 14.3 Å². The van der Waals surface area contributed by atoms with Gasteiger partial charge in [-0.25, -0.2) is 0 Å². The van der Waals surface area contributed by atoms with Crippen LogP contribution in [0.15, 0.2) is 54.6 Å². The van der Waals surface area contributed by atoms with Crippen LogP contribution in [0, 0.1) is 5.92 Å². The topological polar surface area (TPSA) is 58.6 Å². The summed E-state index contributed by atoms with van der Waals surface area (Å²) in [6.07, 6.45) is 0. The van der Waals surface area contributed by atoms with Gasteiger partial charge in [0.05, 0.1) is 12.5 Å². The molecule has 2 aromatic carbocycles. The SMILES string of the molecule is COCCNC(=O)C1CN(C(=O)c2ccc(Cl)cc2)CC1c1ccccc1. The van der Waals surface area contributed by atoms with Crippen LogP contribution in [0.3, 0.4) is 0 Å². The van der Waals surface area contributed by atoms with Gasteiger partial charge in [0, 0.05) is 43.2 Å². The monoisotopic (exact) mass is 386 g/mol. The molecule has 0 spiro atoms. The molecule has 0 aliphatic carbocycles. The molecule has 1 aliphatic rings. The third kappa shape index (κ3) is 4.67. The van der Waals surface area contributed by atoms with Crippen LogP contribution in [0.4, 0.5) is 0 Å². The lowest BCUT2D eigenvalue weighted by atomic mass is 9.88. The van der Waals surface area contributed by atoms with Crippen molar-refractivity contribution in [3.8, 4) is 0 Å². The molecule has 1 aliphatic heterocycles. The van der Waals surface area contributed by atoms with Crippen molar-refractivity contribution in [3.63, 3.8) is 0 Å². The average molecular weight is 387 g/mol. The van der Waals surface area contributed by atoms with E-state index < -0.39 is 0 Å². The number of benzene rings is 2. The van der Waals surface area contributed by atoms with E-state index in [2.05, 4.69) is 5.32 Å². The lowest BCUT2D eigenvalue weighted by molar-refractivity contribution is -0.125. The summed E-state index contributed by atoms with van der Waals surface area (Å²) in [6.45, 7) is 1.81. The molecule has 3 rings (SSSR count). The molecular formula is C21H23ClN2O3. The van der Waals surface area contributed by atoms with Gasteiger partial charge in [-0.3, -0.25) is 9.59 Å². The van der Waals surface area contributed by atoms with Crippen LogP contribution in [0.2, 0.25) is 5.02 Å². The van der Waals surface area contributed by atoms with Gasteiger partial charge in [0.25, 0.3) is 5.91 Å². The van der Waals surface area contributed by atoms with E-state index in [9.17, 15) is 9.59 Å². The van der Waals surface area contributed by atoms with Gasteiger partial charge in [-0.2, -0.15) is 0 Å². The minimum absolute atomic E-state index is 0.0370. The Bertz CT molecular complexity index is 780. The lowest BCUT2D eigenvalue weighted by Gasteiger charge is -2.18. The lowest BCUT2D eigenvalue weighted by Crippen LogP contribution is -2.37. The summed E-state index contributed by atoms with van der Waals surface area (Å²) in [5.74, 6) is -0.461. The van der Waals surface area contributed by atoms with Crippen molar-refractivity contribution in [1.82, 2.24) is 10.2 Å². The number of hydrogen-bond acceptors (Lipinski definition) is 3. The van der Waals surface area contributed by atoms with Crippen molar-refractivity contribution in [3.05, 3.63) is 70.7 Å². The third-order valence-electron chi connectivity index (χ3n) is 4.87. The number of nitrogens with zero attached hydrogens (tertiary/aromatic N) is 1. The maximum absolute atomic E-state index is 12.9. The van der Waals surface area contributed by atoms with Crippen LogP contribution in [0.5, 0.6) is 0 Å². The number of ether oxygens (including phenoxy) is 1. The molecule has 2 unspecified atom stereocenters. The summed E-state index contributed by atoms with van der Waals surface area (Å²) in [5, 5.41) is 3.50. The molecule has 1 N–H and O–H groups in total. The number of methoxy groups -OCH3 is 1. The summed E-state index contributed by atoms with van der Waals surface area (Å²) in [6, 6.07) is 16.7. The van der Waals surface area contributed by atoms with Gasteiger partial charge in [0.2, 0.25) is 5.91 Å². The number of carbonyl (C=O) groups is 2. The zero-order chi connectivity index (χ0) is 19.2. The standard InChI is InChI=1S/C21H23ClN2O3/c1-27-12-11-23-20(25)19-14-24(13-18(19)15-5-3-2-4-6-15)21(26)16-7-9-17(22)10-8-16/h2-10,18-19H,11-14H2,1H3,(H,23,25). The van der Waals surface area contributed by atoms with E-state index in [1.165, 1.54) is 0 Å². The number of rotatable bonds is 6. The second-order valence-corrected chi connectivity index (χ2v) is 7.06. The van der Waals surface area contributed by atoms with Crippen molar-refractivity contribution in [2.45, 2.75) is 5.92 Å². The van der Waals surface area contributed by atoms with E-state index in [1.807, 2.05) is 30.3 Å². The predicted molar refractivity (Wildman–Crippen MR) is 105 cm³/mol. The summed E-state index contributed by atoms with van der Waals surface area (Å²) in [4.78, 5) is 27.4. The van der Waals surface area contributed by atoms with E-state index in [-0.39, 0.29) is 23.7 Å². The Morgan fingerprint density at radius 2 is 1.81 bits per heavy atom. The maximum atomic E-state index is 12.9. The van der Waals surface area contributed by atoms with Crippen LogP contribution in [0.1, 0.15) is 21.8 Å². The number of amides is 2. The van der Waals surface area contributed by atoms with E-state index >= 15 is 0 Å². The molecule has 1 saturated heterocycles. The van der Waals surface area contributed by atoms with Gasteiger partial charge in [0.1, 0.15) is 0 Å².